The van der Waals surface area contributed by atoms with Crippen molar-refractivity contribution in [3.8, 4) is 0 Å². The van der Waals surface area contributed by atoms with E-state index in [0.717, 1.165) is 5.69 Å². The van der Waals surface area contributed by atoms with E-state index >= 15 is 0 Å². The number of hydrogen-bond donors (Lipinski definition) is 2. The highest BCUT2D eigenvalue weighted by molar-refractivity contribution is 5.58. The molecule has 0 aliphatic carbocycles. The van der Waals surface area contributed by atoms with Crippen molar-refractivity contribution in [2.75, 3.05) is 17.2 Å². The van der Waals surface area contributed by atoms with Gasteiger partial charge in [-0.15, -0.1) is 6.58 Å². The molecule has 0 spiro atoms. The van der Waals surface area contributed by atoms with Crippen LogP contribution in [0.25, 0.3) is 0 Å². The van der Waals surface area contributed by atoms with Crippen molar-refractivity contribution in [3.63, 3.8) is 0 Å². The molecule has 1 heterocycles. The molecule has 0 fully saturated rings. The van der Waals surface area contributed by atoms with E-state index in [1.807, 2.05) is 0 Å². The summed E-state index contributed by atoms with van der Waals surface area (Å²) in [5.41, 5.74) is 0.768. The van der Waals surface area contributed by atoms with Crippen LogP contribution in [-0.2, 0) is 0 Å². The van der Waals surface area contributed by atoms with Crippen LogP contribution in [0.5, 0.6) is 0 Å². The van der Waals surface area contributed by atoms with Crippen LogP contribution in [0.1, 0.15) is 0 Å². The molecule has 2 rings (SSSR count). The molecule has 0 aliphatic heterocycles. The zero-order valence-corrected chi connectivity index (χ0v) is 9.73. The average molecular weight is 244 g/mol. The molecule has 1 aromatic heterocycles. The van der Waals surface area contributed by atoms with E-state index in [0.29, 0.717) is 18.2 Å². The van der Waals surface area contributed by atoms with Crippen LogP contribution < -0.4 is 10.6 Å². The third kappa shape index (κ3) is 3.28. The lowest BCUT2D eigenvalue weighted by Crippen LogP contribution is -2.02. The molecule has 0 saturated heterocycles. The first-order valence-corrected chi connectivity index (χ1v) is 5.47. The summed E-state index contributed by atoms with van der Waals surface area (Å²) in [5, 5.41) is 6.12. The summed E-state index contributed by atoms with van der Waals surface area (Å²) < 4.78 is 12.8. The summed E-state index contributed by atoms with van der Waals surface area (Å²) in [6.07, 6.45) is 3.20. The number of nitrogens with one attached hydrogen (secondary N) is 2. The number of aromatic nitrogens is 2. The van der Waals surface area contributed by atoms with Gasteiger partial charge in [-0.3, -0.25) is 0 Å². The Labute approximate surface area is 105 Å². The Balaban J connectivity index is 2.08. The van der Waals surface area contributed by atoms with Gasteiger partial charge in [-0.2, -0.15) is 0 Å². The van der Waals surface area contributed by atoms with Crippen LogP contribution in [0.4, 0.5) is 21.7 Å². The summed E-state index contributed by atoms with van der Waals surface area (Å²) in [5.74, 6) is 1.08. The Morgan fingerprint density at radius 1 is 1.17 bits per heavy atom. The van der Waals surface area contributed by atoms with Crippen LogP contribution in [0.15, 0.2) is 49.3 Å². The lowest BCUT2D eigenvalue weighted by molar-refractivity contribution is 0.628. The highest BCUT2D eigenvalue weighted by atomic mass is 19.1. The monoisotopic (exact) mass is 244 g/mol. The molecular weight excluding hydrogens is 231 g/mol. The first-order chi connectivity index (χ1) is 8.78. The lowest BCUT2D eigenvalue weighted by Gasteiger charge is -2.07. The van der Waals surface area contributed by atoms with Gasteiger partial charge < -0.3 is 10.6 Å². The van der Waals surface area contributed by atoms with E-state index in [4.69, 9.17) is 0 Å². The molecule has 4 nitrogen and oxygen atoms in total. The second-order valence-corrected chi connectivity index (χ2v) is 3.59. The smallest absolute Gasteiger partial charge is 0.135 e. The molecule has 0 bridgehead atoms. The zero-order chi connectivity index (χ0) is 12.8. The molecule has 0 atom stereocenters. The number of halogens is 1. The van der Waals surface area contributed by atoms with Gasteiger partial charge in [-0.1, -0.05) is 6.08 Å². The Morgan fingerprint density at radius 3 is 2.61 bits per heavy atom. The topological polar surface area (TPSA) is 49.8 Å². The highest BCUT2D eigenvalue weighted by Gasteiger charge is 1.99. The van der Waals surface area contributed by atoms with Gasteiger partial charge in [0.15, 0.2) is 0 Å². The largest absolute Gasteiger partial charge is 0.366 e. The quantitative estimate of drug-likeness (QED) is 0.794. The van der Waals surface area contributed by atoms with Crippen LogP contribution >= 0.6 is 0 Å². The second-order valence-electron chi connectivity index (χ2n) is 3.59. The number of nitrogens with zero attached hydrogens (tertiary/aromatic N) is 2. The third-order valence-corrected chi connectivity index (χ3v) is 2.21. The van der Waals surface area contributed by atoms with Crippen molar-refractivity contribution in [2.45, 2.75) is 0 Å². The highest BCUT2D eigenvalue weighted by Crippen LogP contribution is 2.16. The van der Waals surface area contributed by atoms with Crippen LogP contribution in [0.2, 0.25) is 0 Å². The molecule has 18 heavy (non-hydrogen) atoms. The molecule has 5 heteroatoms. The number of benzene rings is 1. The van der Waals surface area contributed by atoms with Gasteiger partial charge in [0.1, 0.15) is 23.8 Å². The summed E-state index contributed by atoms with van der Waals surface area (Å²) in [6, 6.07) is 7.84. The normalized spacial score (nSPS) is 9.83. The SMILES string of the molecule is C=CCNc1cc(Nc2ccc(F)cc2)ncn1. The molecule has 0 unspecified atom stereocenters. The van der Waals surface area contributed by atoms with Crippen LogP contribution in [0.3, 0.4) is 0 Å². The van der Waals surface area contributed by atoms with Gasteiger partial charge in [0.05, 0.1) is 0 Å². The molecule has 1 aromatic carbocycles. The maximum absolute atomic E-state index is 12.8. The van der Waals surface area contributed by atoms with Crippen molar-refractivity contribution in [3.05, 3.63) is 55.1 Å². The van der Waals surface area contributed by atoms with Gasteiger partial charge in [0, 0.05) is 18.3 Å². The Morgan fingerprint density at radius 2 is 1.89 bits per heavy atom. The molecular formula is C13H13FN4. The number of anilines is 3. The van der Waals surface area contributed by atoms with E-state index in [9.17, 15) is 4.39 Å². The van der Waals surface area contributed by atoms with E-state index < -0.39 is 0 Å². The van der Waals surface area contributed by atoms with Gasteiger partial charge in [-0.05, 0) is 24.3 Å². The summed E-state index contributed by atoms with van der Waals surface area (Å²) >= 11 is 0. The first kappa shape index (κ1) is 12.0. The Hall–Kier alpha value is -2.43. The van der Waals surface area contributed by atoms with Crippen molar-refractivity contribution in [1.29, 1.82) is 0 Å². The Bertz CT molecular complexity index is 525. The maximum atomic E-state index is 12.8. The first-order valence-electron chi connectivity index (χ1n) is 5.47. The fraction of sp³-hybridized carbons (Fsp3) is 0.0769. The van der Waals surface area contributed by atoms with E-state index in [1.54, 1.807) is 24.3 Å². The molecule has 2 aromatic rings. The minimum Gasteiger partial charge on any atom is -0.366 e. The molecule has 0 aliphatic rings. The lowest BCUT2D eigenvalue weighted by atomic mass is 10.3. The standard InChI is InChI=1S/C13H13FN4/c1-2-7-15-12-8-13(17-9-16-12)18-11-5-3-10(14)4-6-11/h2-6,8-9H,1,7H2,(H2,15,16,17,18). The predicted molar refractivity (Wildman–Crippen MR) is 70.4 cm³/mol. The summed E-state index contributed by atoms with van der Waals surface area (Å²) in [7, 11) is 0. The van der Waals surface area contributed by atoms with Crippen molar-refractivity contribution in [1.82, 2.24) is 9.97 Å². The maximum Gasteiger partial charge on any atom is 0.135 e. The molecule has 0 amide bonds. The fourth-order valence-electron chi connectivity index (χ4n) is 1.38. The Kier molecular flexibility index (Phi) is 3.86. The molecule has 92 valence electrons. The number of rotatable bonds is 5. The summed E-state index contributed by atoms with van der Waals surface area (Å²) in [4.78, 5) is 8.15. The van der Waals surface area contributed by atoms with E-state index in [2.05, 4.69) is 27.2 Å². The average Bonchev–Trinajstić information content (AvgIpc) is 2.40. The second kappa shape index (κ2) is 5.77. The molecule has 0 saturated carbocycles. The predicted octanol–water partition coefficient (Wildman–Crippen LogP) is 2.96. The van der Waals surface area contributed by atoms with Crippen LogP contribution in [0, 0.1) is 5.82 Å². The molecule has 0 radical (unpaired) electrons. The van der Waals surface area contributed by atoms with E-state index in [-0.39, 0.29) is 5.82 Å². The molecule has 2 N–H and O–H groups in total. The van der Waals surface area contributed by atoms with Gasteiger partial charge >= 0.3 is 0 Å². The van der Waals surface area contributed by atoms with Crippen molar-refractivity contribution >= 4 is 17.3 Å². The van der Waals surface area contributed by atoms with Crippen LogP contribution in [-0.4, -0.2) is 16.5 Å². The fourth-order valence-corrected chi connectivity index (χ4v) is 1.38. The number of hydrogen-bond acceptors (Lipinski definition) is 4. The van der Waals surface area contributed by atoms with Crippen molar-refractivity contribution < 1.29 is 4.39 Å². The third-order valence-electron chi connectivity index (χ3n) is 2.21. The zero-order valence-electron chi connectivity index (χ0n) is 9.73. The minimum atomic E-state index is -0.267. The van der Waals surface area contributed by atoms with Crippen molar-refractivity contribution in [2.24, 2.45) is 0 Å². The summed E-state index contributed by atoms with van der Waals surface area (Å²) in [6.45, 7) is 4.25. The van der Waals surface area contributed by atoms with Gasteiger partial charge in [0.25, 0.3) is 0 Å². The van der Waals surface area contributed by atoms with Gasteiger partial charge in [-0.25, -0.2) is 14.4 Å². The van der Waals surface area contributed by atoms with E-state index in [1.165, 1.54) is 18.5 Å². The van der Waals surface area contributed by atoms with Gasteiger partial charge in [0.2, 0.25) is 0 Å². The minimum absolute atomic E-state index is 0.267.